The number of carboxylic acids is 1. The van der Waals surface area contributed by atoms with Crippen LogP contribution in [0.15, 0.2) is 0 Å². The van der Waals surface area contributed by atoms with Crippen molar-refractivity contribution in [2.45, 2.75) is 37.9 Å². The van der Waals surface area contributed by atoms with E-state index in [-0.39, 0.29) is 24.5 Å². The number of nitrogens with one attached hydrogen (secondary N) is 1. The number of hydrogen-bond donors (Lipinski definition) is 3. The standard InChI is InChI=1S/C14H24N2O5/c1-10-14(20,4-7-21-10)9-15-8-12(17)16-5-2-11(3-6-16)13(18)19/h10-11,15,20H,2-9H2,1H3,(H,18,19). The number of aliphatic hydroxyl groups is 1. The minimum atomic E-state index is -0.906. The highest BCUT2D eigenvalue weighted by molar-refractivity contribution is 5.78. The molecular formula is C14H24N2O5. The summed E-state index contributed by atoms with van der Waals surface area (Å²) in [5.41, 5.74) is -0.906. The molecule has 2 saturated heterocycles. The summed E-state index contributed by atoms with van der Waals surface area (Å²) in [5.74, 6) is -1.16. The number of nitrogens with zero attached hydrogens (tertiary/aromatic N) is 1. The molecule has 0 aromatic rings. The topological polar surface area (TPSA) is 99.1 Å². The Hall–Kier alpha value is -1.18. The third kappa shape index (κ3) is 3.93. The van der Waals surface area contributed by atoms with Gasteiger partial charge in [-0.05, 0) is 19.8 Å². The van der Waals surface area contributed by atoms with Crippen molar-refractivity contribution in [2.24, 2.45) is 5.92 Å². The Bertz CT molecular complexity index is 395. The molecule has 7 nitrogen and oxygen atoms in total. The molecular weight excluding hydrogens is 276 g/mol. The van der Waals surface area contributed by atoms with Crippen molar-refractivity contribution < 1.29 is 24.5 Å². The Labute approximate surface area is 124 Å². The second-order valence-corrected chi connectivity index (χ2v) is 5.96. The monoisotopic (exact) mass is 300 g/mol. The smallest absolute Gasteiger partial charge is 0.306 e. The van der Waals surface area contributed by atoms with Crippen LogP contribution in [0.3, 0.4) is 0 Å². The van der Waals surface area contributed by atoms with Gasteiger partial charge in [0.15, 0.2) is 0 Å². The van der Waals surface area contributed by atoms with E-state index in [9.17, 15) is 14.7 Å². The molecule has 2 aliphatic rings. The number of aliphatic carboxylic acids is 1. The van der Waals surface area contributed by atoms with Gasteiger partial charge >= 0.3 is 5.97 Å². The van der Waals surface area contributed by atoms with E-state index < -0.39 is 11.6 Å². The largest absolute Gasteiger partial charge is 0.481 e. The van der Waals surface area contributed by atoms with Crippen molar-refractivity contribution in [2.75, 3.05) is 32.8 Å². The normalized spacial score (nSPS) is 30.6. The fourth-order valence-corrected chi connectivity index (χ4v) is 2.88. The summed E-state index contributed by atoms with van der Waals surface area (Å²) >= 11 is 0. The van der Waals surface area contributed by atoms with Crippen LogP contribution in [0.25, 0.3) is 0 Å². The SMILES string of the molecule is CC1OCCC1(O)CNCC(=O)N1CCC(C(=O)O)CC1. The molecule has 2 unspecified atom stereocenters. The summed E-state index contributed by atoms with van der Waals surface area (Å²) < 4.78 is 5.34. The number of amides is 1. The maximum atomic E-state index is 12.0. The van der Waals surface area contributed by atoms with Crippen molar-refractivity contribution in [3.8, 4) is 0 Å². The maximum absolute atomic E-state index is 12.0. The van der Waals surface area contributed by atoms with Crippen LogP contribution in [0.4, 0.5) is 0 Å². The first-order valence-electron chi connectivity index (χ1n) is 7.47. The molecule has 21 heavy (non-hydrogen) atoms. The lowest BCUT2D eigenvalue weighted by Crippen LogP contribution is -2.49. The van der Waals surface area contributed by atoms with Gasteiger partial charge in [-0.1, -0.05) is 0 Å². The Morgan fingerprint density at radius 1 is 1.38 bits per heavy atom. The van der Waals surface area contributed by atoms with Crippen LogP contribution in [0, 0.1) is 5.92 Å². The van der Waals surface area contributed by atoms with E-state index in [4.69, 9.17) is 9.84 Å². The summed E-state index contributed by atoms with van der Waals surface area (Å²) in [6, 6.07) is 0. The predicted molar refractivity (Wildman–Crippen MR) is 74.8 cm³/mol. The average Bonchev–Trinajstić information content (AvgIpc) is 2.78. The van der Waals surface area contributed by atoms with Gasteiger partial charge in [-0.3, -0.25) is 9.59 Å². The molecule has 7 heteroatoms. The highest BCUT2D eigenvalue weighted by Gasteiger charge is 2.39. The second kappa shape index (κ2) is 6.72. The van der Waals surface area contributed by atoms with Gasteiger partial charge < -0.3 is 25.2 Å². The second-order valence-electron chi connectivity index (χ2n) is 5.96. The third-order valence-electron chi connectivity index (χ3n) is 4.56. The number of carbonyl (C=O) groups is 2. The number of carboxylic acid groups (broad SMARTS) is 1. The van der Waals surface area contributed by atoms with Crippen LogP contribution in [0.2, 0.25) is 0 Å². The molecule has 3 N–H and O–H groups in total. The van der Waals surface area contributed by atoms with Crippen molar-refractivity contribution >= 4 is 11.9 Å². The number of hydrogen-bond acceptors (Lipinski definition) is 5. The fourth-order valence-electron chi connectivity index (χ4n) is 2.88. The molecule has 1 amide bonds. The Balaban J connectivity index is 1.70. The number of carbonyl (C=O) groups excluding carboxylic acids is 1. The molecule has 0 aromatic carbocycles. The van der Waals surface area contributed by atoms with Crippen molar-refractivity contribution in [1.82, 2.24) is 10.2 Å². The molecule has 0 saturated carbocycles. The molecule has 2 aliphatic heterocycles. The molecule has 0 aliphatic carbocycles. The molecule has 0 spiro atoms. The lowest BCUT2D eigenvalue weighted by Gasteiger charge is -2.31. The van der Waals surface area contributed by atoms with Crippen LogP contribution < -0.4 is 5.32 Å². The lowest BCUT2D eigenvalue weighted by molar-refractivity contribution is -0.145. The van der Waals surface area contributed by atoms with E-state index in [2.05, 4.69) is 5.32 Å². The lowest BCUT2D eigenvalue weighted by atomic mass is 9.96. The van der Waals surface area contributed by atoms with Crippen molar-refractivity contribution in [3.05, 3.63) is 0 Å². The minimum Gasteiger partial charge on any atom is -0.481 e. The number of likely N-dealkylation sites (tertiary alicyclic amines) is 1. The van der Waals surface area contributed by atoms with Crippen LogP contribution in [-0.2, 0) is 14.3 Å². The first kappa shape index (κ1) is 16.2. The zero-order valence-electron chi connectivity index (χ0n) is 12.4. The van der Waals surface area contributed by atoms with Gasteiger partial charge in [-0.25, -0.2) is 0 Å². The van der Waals surface area contributed by atoms with E-state index in [1.807, 2.05) is 6.92 Å². The van der Waals surface area contributed by atoms with Gasteiger partial charge in [0.05, 0.1) is 18.6 Å². The number of piperidine rings is 1. The quantitative estimate of drug-likeness (QED) is 0.629. The average molecular weight is 300 g/mol. The summed E-state index contributed by atoms with van der Waals surface area (Å²) in [5, 5.41) is 22.2. The fraction of sp³-hybridized carbons (Fsp3) is 0.857. The Morgan fingerprint density at radius 3 is 2.57 bits per heavy atom. The molecule has 2 atom stereocenters. The predicted octanol–water partition coefficient (Wildman–Crippen LogP) is -0.561. The van der Waals surface area contributed by atoms with Crippen LogP contribution in [-0.4, -0.2) is 71.5 Å². The highest BCUT2D eigenvalue weighted by Crippen LogP contribution is 2.24. The maximum Gasteiger partial charge on any atom is 0.306 e. The zero-order valence-corrected chi connectivity index (χ0v) is 12.4. The van der Waals surface area contributed by atoms with Gasteiger partial charge in [0.25, 0.3) is 0 Å². The molecule has 0 bridgehead atoms. The molecule has 2 rings (SSSR count). The first-order chi connectivity index (χ1) is 9.92. The third-order valence-corrected chi connectivity index (χ3v) is 4.56. The van der Waals surface area contributed by atoms with E-state index >= 15 is 0 Å². The van der Waals surface area contributed by atoms with Gasteiger partial charge in [-0.2, -0.15) is 0 Å². The van der Waals surface area contributed by atoms with Crippen LogP contribution >= 0.6 is 0 Å². The van der Waals surface area contributed by atoms with Gasteiger partial charge in [0.2, 0.25) is 5.91 Å². The Morgan fingerprint density at radius 2 is 2.05 bits per heavy atom. The molecule has 2 heterocycles. The van der Waals surface area contributed by atoms with E-state index in [1.54, 1.807) is 4.90 Å². The van der Waals surface area contributed by atoms with E-state index in [0.29, 0.717) is 45.5 Å². The number of rotatable bonds is 5. The first-order valence-corrected chi connectivity index (χ1v) is 7.47. The molecule has 120 valence electrons. The number of ether oxygens (including phenoxy) is 1. The van der Waals surface area contributed by atoms with Gasteiger partial charge in [0, 0.05) is 32.7 Å². The van der Waals surface area contributed by atoms with Crippen LogP contribution in [0.1, 0.15) is 26.2 Å². The Kier molecular flexibility index (Phi) is 5.18. The van der Waals surface area contributed by atoms with Gasteiger partial charge in [-0.15, -0.1) is 0 Å². The van der Waals surface area contributed by atoms with Crippen molar-refractivity contribution in [1.29, 1.82) is 0 Å². The minimum absolute atomic E-state index is 0.0472. The van der Waals surface area contributed by atoms with Gasteiger partial charge in [0.1, 0.15) is 5.60 Å². The summed E-state index contributed by atoms with van der Waals surface area (Å²) in [4.78, 5) is 24.6. The zero-order chi connectivity index (χ0) is 15.5. The van der Waals surface area contributed by atoms with E-state index in [0.717, 1.165) is 0 Å². The summed E-state index contributed by atoms with van der Waals surface area (Å²) in [6.07, 6.45) is 1.36. The van der Waals surface area contributed by atoms with E-state index in [1.165, 1.54) is 0 Å². The molecule has 0 radical (unpaired) electrons. The summed E-state index contributed by atoms with van der Waals surface area (Å²) in [7, 11) is 0. The molecule has 0 aromatic heterocycles. The summed E-state index contributed by atoms with van der Waals surface area (Å²) in [6.45, 7) is 3.82. The highest BCUT2D eigenvalue weighted by atomic mass is 16.5. The van der Waals surface area contributed by atoms with Crippen LogP contribution in [0.5, 0.6) is 0 Å². The van der Waals surface area contributed by atoms with Crippen molar-refractivity contribution in [3.63, 3.8) is 0 Å². The molecule has 2 fully saturated rings.